The molecule has 3 rings (SSSR count). The second kappa shape index (κ2) is 9.41. The van der Waals surface area contributed by atoms with Gasteiger partial charge in [-0.15, -0.1) is 0 Å². The lowest BCUT2D eigenvalue weighted by molar-refractivity contribution is -0.141. The van der Waals surface area contributed by atoms with Crippen molar-refractivity contribution in [2.75, 3.05) is 13.2 Å². The Kier molecular flexibility index (Phi) is 6.68. The first-order valence-corrected chi connectivity index (χ1v) is 9.66. The van der Waals surface area contributed by atoms with Gasteiger partial charge < -0.3 is 25.6 Å². The molecule has 0 radical (unpaired) electrons. The standard InChI is InChI=1S/C22H24N2O6/c1-13(21(27)28)24-20(26)10-14(25)11-23-22(29)30-12-19-17-8-4-2-6-15(17)16-7-3-5-9-18(16)19/h2-9,13-14,19,25H,10-12H2,1H3,(H,23,29)(H,24,26)(H,27,28). The van der Waals surface area contributed by atoms with Gasteiger partial charge >= 0.3 is 12.1 Å². The van der Waals surface area contributed by atoms with Crippen LogP contribution in [0.5, 0.6) is 0 Å². The predicted molar refractivity (Wildman–Crippen MR) is 109 cm³/mol. The van der Waals surface area contributed by atoms with Crippen LogP contribution in [0, 0.1) is 0 Å². The molecule has 2 atom stereocenters. The summed E-state index contributed by atoms with van der Waals surface area (Å²) >= 11 is 0. The van der Waals surface area contributed by atoms with E-state index in [9.17, 15) is 19.5 Å². The number of hydrogen-bond donors (Lipinski definition) is 4. The molecule has 0 saturated heterocycles. The van der Waals surface area contributed by atoms with E-state index in [1.165, 1.54) is 6.92 Å². The Morgan fingerprint density at radius 1 is 1.03 bits per heavy atom. The smallest absolute Gasteiger partial charge is 0.407 e. The number of carbonyl (C=O) groups is 3. The highest BCUT2D eigenvalue weighted by Crippen LogP contribution is 2.44. The Morgan fingerprint density at radius 3 is 2.17 bits per heavy atom. The van der Waals surface area contributed by atoms with E-state index < -0.39 is 30.1 Å². The SMILES string of the molecule is CC(NC(=O)CC(O)CNC(=O)OCC1c2ccccc2-c2ccccc21)C(=O)O. The van der Waals surface area contributed by atoms with Crippen LogP contribution < -0.4 is 10.6 Å². The van der Waals surface area contributed by atoms with E-state index in [0.29, 0.717) is 0 Å². The Hall–Kier alpha value is -3.39. The summed E-state index contributed by atoms with van der Waals surface area (Å²) in [5.41, 5.74) is 4.43. The summed E-state index contributed by atoms with van der Waals surface area (Å²) in [6.07, 6.45) is -2.19. The number of amides is 2. The first kappa shape index (κ1) is 21.3. The van der Waals surface area contributed by atoms with Gasteiger partial charge in [0.1, 0.15) is 12.6 Å². The van der Waals surface area contributed by atoms with Gasteiger partial charge in [0.05, 0.1) is 12.5 Å². The maximum Gasteiger partial charge on any atom is 0.407 e. The summed E-state index contributed by atoms with van der Waals surface area (Å²) in [5, 5.41) is 23.3. The third-order valence-corrected chi connectivity index (χ3v) is 4.99. The number of carboxylic acid groups (broad SMARTS) is 1. The van der Waals surface area contributed by atoms with E-state index in [0.717, 1.165) is 22.3 Å². The van der Waals surface area contributed by atoms with Crippen molar-refractivity contribution < 1.29 is 29.3 Å². The maximum absolute atomic E-state index is 12.1. The number of fused-ring (bicyclic) bond motifs is 3. The molecular weight excluding hydrogens is 388 g/mol. The van der Waals surface area contributed by atoms with E-state index in [1.54, 1.807) is 0 Å². The van der Waals surface area contributed by atoms with E-state index in [1.807, 2.05) is 48.5 Å². The van der Waals surface area contributed by atoms with Gasteiger partial charge in [-0.3, -0.25) is 9.59 Å². The summed E-state index contributed by atoms with van der Waals surface area (Å²) in [7, 11) is 0. The fraction of sp³-hybridized carbons (Fsp3) is 0.318. The minimum atomic E-state index is -1.17. The highest BCUT2D eigenvalue weighted by Gasteiger charge is 2.29. The lowest BCUT2D eigenvalue weighted by Gasteiger charge is -2.16. The van der Waals surface area contributed by atoms with Gasteiger partial charge in [0.25, 0.3) is 0 Å². The molecule has 2 unspecified atom stereocenters. The van der Waals surface area contributed by atoms with Crippen molar-refractivity contribution in [1.82, 2.24) is 10.6 Å². The number of hydrogen-bond acceptors (Lipinski definition) is 5. The normalized spacial score (nSPS) is 14.2. The summed E-state index contributed by atoms with van der Waals surface area (Å²) in [6, 6.07) is 14.9. The molecule has 4 N–H and O–H groups in total. The Labute approximate surface area is 173 Å². The van der Waals surface area contributed by atoms with Crippen LogP contribution in [0.2, 0.25) is 0 Å². The topological polar surface area (TPSA) is 125 Å². The Bertz CT molecular complexity index is 899. The molecule has 8 heteroatoms. The van der Waals surface area contributed by atoms with Crippen LogP contribution in [0.25, 0.3) is 11.1 Å². The molecule has 2 aromatic rings. The Morgan fingerprint density at radius 2 is 1.60 bits per heavy atom. The van der Waals surface area contributed by atoms with Crippen molar-refractivity contribution >= 4 is 18.0 Å². The van der Waals surface area contributed by atoms with Crippen LogP contribution in [-0.4, -0.2) is 53.5 Å². The minimum Gasteiger partial charge on any atom is -0.480 e. The lowest BCUT2D eigenvalue weighted by Crippen LogP contribution is -2.41. The van der Waals surface area contributed by atoms with Crippen molar-refractivity contribution in [3.8, 4) is 11.1 Å². The quantitative estimate of drug-likeness (QED) is 0.525. The van der Waals surface area contributed by atoms with Crippen LogP contribution in [0.1, 0.15) is 30.4 Å². The number of benzene rings is 2. The van der Waals surface area contributed by atoms with Gasteiger partial charge in [-0.2, -0.15) is 0 Å². The number of alkyl carbamates (subject to hydrolysis) is 1. The molecule has 1 aliphatic rings. The molecule has 2 aromatic carbocycles. The zero-order chi connectivity index (χ0) is 21.7. The lowest BCUT2D eigenvalue weighted by atomic mass is 9.98. The first-order chi connectivity index (χ1) is 14.4. The van der Waals surface area contributed by atoms with Gasteiger partial charge in [-0.25, -0.2) is 4.79 Å². The number of aliphatic hydroxyl groups is 1. The monoisotopic (exact) mass is 412 g/mol. The van der Waals surface area contributed by atoms with E-state index in [-0.39, 0.29) is 25.5 Å². The van der Waals surface area contributed by atoms with Crippen LogP contribution in [0.4, 0.5) is 4.79 Å². The number of ether oxygens (including phenoxy) is 1. The summed E-state index contributed by atoms with van der Waals surface area (Å²) in [4.78, 5) is 34.4. The minimum absolute atomic E-state index is 0.0728. The number of aliphatic carboxylic acids is 1. The van der Waals surface area contributed by atoms with Crippen molar-refractivity contribution in [3.63, 3.8) is 0 Å². The zero-order valence-corrected chi connectivity index (χ0v) is 16.5. The predicted octanol–water partition coefficient (Wildman–Crippen LogP) is 1.87. The number of carboxylic acids is 1. The number of carbonyl (C=O) groups excluding carboxylic acids is 2. The molecule has 0 aromatic heterocycles. The van der Waals surface area contributed by atoms with Crippen molar-refractivity contribution in [3.05, 3.63) is 59.7 Å². The molecule has 30 heavy (non-hydrogen) atoms. The first-order valence-electron chi connectivity index (χ1n) is 9.66. The molecule has 0 bridgehead atoms. The average molecular weight is 412 g/mol. The molecule has 0 saturated carbocycles. The average Bonchev–Trinajstić information content (AvgIpc) is 3.04. The van der Waals surface area contributed by atoms with Gasteiger partial charge in [-0.05, 0) is 29.2 Å². The van der Waals surface area contributed by atoms with E-state index in [2.05, 4.69) is 10.6 Å². The van der Waals surface area contributed by atoms with Gasteiger partial charge in [0, 0.05) is 12.5 Å². The number of rotatable bonds is 8. The van der Waals surface area contributed by atoms with Crippen LogP contribution >= 0.6 is 0 Å². The zero-order valence-electron chi connectivity index (χ0n) is 16.5. The molecule has 8 nitrogen and oxygen atoms in total. The summed E-state index contributed by atoms with van der Waals surface area (Å²) in [6.45, 7) is 1.28. The molecule has 0 spiro atoms. The summed E-state index contributed by atoms with van der Waals surface area (Å²) in [5.74, 6) is -1.86. The fourth-order valence-corrected chi connectivity index (χ4v) is 3.50. The molecule has 0 heterocycles. The molecular formula is C22H24N2O6. The van der Waals surface area contributed by atoms with Gasteiger partial charge in [0.15, 0.2) is 0 Å². The molecule has 2 amide bonds. The fourth-order valence-electron chi connectivity index (χ4n) is 3.50. The third kappa shape index (κ3) is 4.96. The van der Waals surface area contributed by atoms with Crippen LogP contribution in [0.15, 0.2) is 48.5 Å². The van der Waals surface area contributed by atoms with Crippen molar-refractivity contribution in [1.29, 1.82) is 0 Å². The highest BCUT2D eigenvalue weighted by molar-refractivity contribution is 5.83. The molecule has 158 valence electrons. The molecule has 1 aliphatic carbocycles. The summed E-state index contributed by atoms with van der Waals surface area (Å²) < 4.78 is 5.35. The Balaban J connectivity index is 1.48. The van der Waals surface area contributed by atoms with Crippen molar-refractivity contribution in [2.45, 2.75) is 31.4 Å². The van der Waals surface area contributed by atoms with Gasteiger partial charge in [-0.1, -0.05) is 48.5 Å². The largest absolute Gasteiger partial charge is 0.480 e. The number of nitrogens with one attached hydrogen (secondary N) is 2. The number of aliphatic hydroxyl groups excluding tert-OH is 1. The second-order valence-corrected chi connectivity index (χ2v) is 7.19. The molecule has 0 fully saturated rings. The molecule has 0 aliphatic heterocycles. The van der Waals surface area contributed by atoms with E-state index >= 15 is 0 Å². The second-order valence-electron chi connectivity index (χ2n) is 7.19. The third-order valence-electron chi connectivity index (χ3n) is 4.99. The highest BCUT2D eigenvalue weighted by atomic mass is 16.5. The van der Waals surface area contributed by atoms with E-state index in [4.69, 9.17) is 9.84 Å². The van der Waals surface area contributed by atoms with Crippen molar-refractivity contribution in [2.24, 2.45) is 0 Å². The van der Waals surface area contributed by atoms with Crippen LogP contribution in [0.3, 0.4) is 0 Å². The van der Waals surface area contributed by atoms with Gasteiger partial charge in [0.2, 0.25) is 5.91 Å². The van der Waals surface area contributed by atoms with Crippen LogP contribution in [-0.2, 0) is 14.3 Å². The maximum atomic E-state index is 12.1.